The zero-order valence-electron chi connectivity index (χ0n) is 16.7. The molecule has 10 nitrogen and oxygen atoms in total. The number of aryl methyl sites for hydroxylation is 1. The van der Waals surface area contributed by atoms with Gasteiger partial charge in [-0.05, 0) is 26.3 Å². The summed E-state index contributed by atoms with van der Waals surface area (Å²) >= 11 is 0. The third-order valence-corrected chi connectivity index (χ3v) is 3.67. The lowest BCUT2D eigenvalue weighted by Gasteiger charge is -2.26. The fourth-order valence-corrected chi connectivity index (χ4v) is 2.08. The Balaban J connectivity index is 0.00000113. The van der Waals surface area contributed by atoms with Gasteiger partial charge >= 0.3 is 17.9 Å². The smallest absolute Gasteiger partial charge is 0.371 e. The van der Waals surface area contributed by atoms with Crippen LogP contribution in [0.25, 0.3) is 0 Å². The van der Waals surface area contributed by atoms with Gasteiger partial charge in [0, 0.05) is 13.5 Å². The Kier molecular flexibility index (Phi) is 10.9. The summed E-state index contributed by atoms with van der Waals surface area (Å²) in [5, 5.41) is 28.2. The molecule has 0 spiro atoms. The van der Waals surface area contributed by atoms with Crippen LogP contribution in [0.2, 0.25) is 0 Å². The third kappa shape index (κ3) is 10.6. The van der Waals surface area contributed by atoms with Gasteiger partial charge in [-0.3, -0.25) is 24.5 Å². The molecule has 1 unspecified atom stereocenters. The SMILES string of the molecule is CC(=O)C(=O)O.Cc1ccc(CN(CC(=O)O)C(=O)[C@H](C)NC(C)C(=O)O)cc1. The summed E-state index contributed by atoms with van der Waals surface area (Å²) in [4.78, 5) is 54.4. The number of hydrogen-bond acceptors (Lipinski definition) is 6. The molecule has 29 heavy (non-hydrogen) atoms. The predicted molar refractivity (Wildman–Crippen MR) is 102 cm³/mol. The van der Waals surface area contributed by atoms with E-state index in [4.69, 9.17) is 15.3 Å². The van der Waals surface area contributed by atoms with Crippen molar-refractivity contribution in [2.24, 2.45) is 0 Å². The maximum atomic E-state index is 12.4. The van der Waals surface area contributed by atoms with Gasteiger partial charge in [-0.15, -0.1) is 0 Å². The maximum Gasteiger partial charge on any atom is 0.371 e. The summed E-state index contributed by atoms with van der Waals surface area (Å²) < 4.78 is 0. The second-order valence-corrected chi connectivity index (χ2v) is 6.38. The average molecular weight is 410 g/mol. The predicted octanol–water partition coefficient (Wildman–Crippen LogP) is 0.519. The molecular formula is C19H26N2O8. The minimum atomic E-state index is -1.38. The van der Waals surface area contributed by atoms with Crippen LogP contribution in [0.4, 0.5) is 0 Å². The fourth-order valence-electron chi connectivity index (χ4n) is 2.08. The zero-order valence-corrected chi connectivity index (χ0v) is 16.7. The summed E-state index contributed by atoms with van der Waals surface area (Å²) in [6.07, 6.45) is 0. The normalized spacial score (nSPS) is 12.0. The van der Waals surface area contributed by atoms with Gasteiger partial charge in [-0.25, -0.2) is 4.79 Å². The maximum absolute atomic E-state index is 12.4. The summed E-state index contributed by atoms with van der Waals surface area (Å²) in [6.45, 7) is 5.59. The van der Waals surface area contributed by atoms with Gasteiger partial charge in [0.05, 0.1) is 6.04 Å². The summed E-state index contributed by atoms with van der Waals surface area (Å²) in [5.74, 6) is -4.86. The van der Waals surface area contributed by atoms with Crippen LogP contribution < -0.4 is 5.32 Å². The first-order chi connectivity index (χ1) is 13.3. The number of rotatable bonds is 9. The number of nitrogens with zero attached hydrogens (tertiary/aromatic N) is 1. The van der Waals surface area contributed by atoms with Crippen molar-refractivity contribution in [1.29, 1.82) is 0 Å². The molecule has 0 saturated carbocycles. The van der Waals surface area contributed by atoms with E-state index in [1.807, 2.05) is 31.2 Å². The van der Waals surface area contributed by atoms with Crippen molar-refractivity contribution in [2.75, 3.05) is 6.54 Å². The highest BCUT2D eigenvalue weighted by Crippen LogP contribution is 2.09. The van der Waals surface area contributed by atoms with Crippen molar-refractivity contribution in [3.05, 3.63) is 35.4 Å². The lowest BCUT2D eigenvalue weighted by molar-refractivity contribution is -0.148. The number of hydrogen-bond donors (Lipinski definition) is 4. The van der Waals surface area contributed by atoms with Crippen LogP contribution in [-0.2, 0) is 30.5 Å². The van der Waals surface area contributed by atoms with Gasteiger partial charge in [0.15, 0.2) is 0 Å². The molecular weight excluding hydrogens is 384 g/mol. The number of carboxylic acids is 3. The van der Waals surface area contributed by atoms with Crippen molar-refractivity contribution in [1.82, 2.24) is 10.2 Å². The van der Waals surface area contributed by atoms with E-state index in [1.165, 1.54) is 18.7 Å². The summed E-state index contributed by atoms with van der Waals surface area (Å²) in [7, 11) is 0. The van der Waals surface area contributed by atoms with Crippen molar-refractivity contribution in [2.45, 2.75) is 46.3 Å². The molecule has 1 aromatic rings. The van der Waals surface area contributed by atoms with Gasteiger partial charge in [0.1, 0.15) is 12.6 Å². The molecule has 160 valence electrons. The quantitative estimate of drug-likeness (QED) is 0.425. The molecule has 0 aliphatic rings. The number of benzene rings is 1. The van der Waals surface area contributed by atoms with E-state index in [1.54, 1.807) is 0 Å². The Morgan fingerprint density at radius 1 is 0.966 bits per heavy atom. The van der Waals surface area contributed by atoms with Crippen molar-refractivity contribution >= 4 is 29.6 Å². The van der Waals surface area contributed by atoms with E-state index < -0.39 is 48.2 Å². The van der Waals surface area contributed by atoms with Crippen LogP contribution in [0.15, 0.2) is 24.3 Å². The number of carbonyl (C=O) groups is 5. The first-order valence-corrected chi connectivity index (χ1v) is 8.64. The minimum Gasteiger partial charge on any atom is -0.480 e. The largest absolute Gasteiger partial charge is 0.480 e. The van der Waals surface area contributed by atoms with Crippen LogP contribution in [0, 0.1) is 6.92 Å². The molecule has 1 aromatic carbocycles. The number of nitrogens with one attached hydrogen (secondary N) is 1. The fraction of sp³-hybridized carbons (Fsp3) is 0.421. The number of amides is 1. The Morgan fingerprint density at radius 2 is 1.45 bits per heavy atom. The van der Waals surface area contributed by atoms with Gasteiger partial charge in [-0.1, -0.05) is 29.8 Å². The Hall–Kier alpha value is -3.27. The van der Waals surface area contributed by atoms with Gasteiger partial charge in [-0.2, -0.15) is 0 Å². The molecule has 0 heterocycles. The van der Waals surface area contributed by atoms with Crippen molar-refractivity contribution in [3.63, 3.8) is 0 Å². The standard InChI is InChI=1S/C16H22N2O5.C3H4O3/c1-10-4-6-13(7-5-10)8-18(9-14(19)20)15(21)11(2)17-12(3)16(22)23;1-2(4)3(5)6/h4-7,11-12,17H,8-9H2,1-3H3,(H,19,20)(H,22,23);1H3,(H,5,6)/t11-,12?;/m0./s1. The highest BCUT2D eigenvalue weighted by Gasteiger charge is 2.25. The van der Waals surface area contributed by atoms with E-state index in [0.717, 1.165) is 18.1 Å². The molecule has 0 aromatic heterocycles. The number of Topliss-reactive ketones (excluding diaryl/α,β-unsaturated/α-hetero) is 1. The average Bonchev–Trinajstić information content (AvgIpc) is 2.62. The van der Waals surface area contributed by atoms with E-state index >= 15 is 0 Å². The first kappa shape index (κ1) is 25.7. The third-order valence-electron chi connectivity index (χ3n) is 3.67. The molecule has 4 N–H and O–H groups in total. The van der Waals surface area contributed by atoms with Gasteiger partial charge in [0.25, 0.3) is 0 Å². The van der Waals surface area contributed by atoms with E-state index in [2.05, 4.69) is 5.32 Å². The van der Waals surface area contributed by atoms with E-state index in [9.17, 15) is 24.0 Å². The second-order valence-electron chi connectivity index (χ2n) is 6.38. The lowest BCUT2D eigenvalue weighted by Crippen LogP contribution is -2.50. The molecule has 0 aliphatic carbocycles. The topological polar surface area (TPSA) is 161 Å². The van der Waals surface area contributed by atoms with Crippen molar-refractivity contribution < 1.29 is 39.3 Å². The summed E-state index contributed by atoms with van der Waals surface area (Å²) in [5.41, 5.74) is 1.87. The molecule has 0 bridgehead atoms. The monoisotopic (exact) mass is 410 g/mol. The Bertz CT molecular complexity index is 733. The number of ketones is 1. The van der Waals surface area contributed by atoms with Crippen LogP contribution in [0.5, 0.6) is 0 Å². The van der Waals surface area contributed by atoms with Crippen LogP contribution in [-0.4, -0.2) is 68.4 Å². The van der Waals surface area contributed by atoms with E-state index in [0.29, 0.717) is 0 Å². The molecule has 10 heteroatoms. The Labute approximate surface area is 168 Å². The molecule has 1 rings (SSSR count). The minimum absolute atomic E-state index is 0.152. The Morgan fingerprint density at radius 3 is 1.83 bits per heavy atom. The van der Waals surface area contributed by atoms with E-state index in [-0.39, 0.29) is 6.54 Å². The highest BCUT2D eigenvalue weighted by molar-refractivity contribution is 6.31. The lowest BCUT2D eigenvalue weighted by atomic mass is 10.1. The van der Waals surface area contributed by atoms with Crippen LogP contribution in [0.3, 0.4) is 0 Å². The molecule has 1 amide bonds. The van der Waals surface area contributed by atoms with Gasteiger partial charge < -0.3 is 20.2 Å². The van der Waals surface area contributed by atoms with Crippen molar-refractivity contribution in [3.8, 4) is 0 Å². The number of carbonyl (C=O) groups excluding carboxylic acids is 2. The van der Waals surface area contributed by atoms with Gasteiger partial charge in [0.2, 0.25) is 11.7 Å². The molecule has 0 aliphatic heterocycles. The second kappa shape index (κ2) is 12.2. The van der Waals surface area contributed by atoms with Crippen LogP contribution >= 0.6 is 0 Å². The molecule has 0 radical (unpaired) electrons. The molecule has 2 atom stereocenters. The number of carboxylic acid groups (broad SMARTS) is 3. The zero-order chi connectivity index (χ0) is 22.7. The van der Waals surface area contributed by atoms with Crippen LogP contribution in [0.1, 0.15) is 31.9 Å². The molecule has 0 fully saturated rings. The summed E-state index contributed by atoms with van der Waals surface area (Å²) in [6, 6.07) is 5.72. The first-order valence-electron chi connectivity index (χ1n) is 8.64. The number of aliphatic carboxylic acids is 3. The molecule has 0 saturated heterocycles. The highest BCUT2D eigenvalue weighted by atomic mass is 16.4.